The van der Waals surface area contributed by atoms with Gasteiger partial charge in [0.15, 0.2) is 18.1 Å². The third kappa shape index (κ3) is 6.07. The maximum Gasteiger partial charge on any atom is 0.270 e. The maximum atomic E-state index is 12.3. The number of rotatable bonds is 9. The minimum atomic E-state index is -0.595. The molecule has 11 heteroatoms. The molecule has 1 heterocycles. The minimum absolute atomic E-state index is 0.0789. The van der Waals surface area contributed by atoms with E-state index in [1.165, 1.54) is 6.21 Å². The lowest BCUT2D eigenvalue weighted by Gasteiger charge is -2.13. The van der Waals surface area contributed by atoms with Gasteiger partial charge in [-0.1, -0.05) is 30.3 Å². The highest BCUT2D eigenvalue weighted by molar-refractivity contribution is 14.1. The smallest absolute Gasteiger partial charge is 0.270 e. The lowest BCUT2D eigenvalue weighted by molar-refractivity contribution is -0.119. The van der Waals surface area contributed by atoms with Gasteiger partial charge in [-0.25, -0.2) is 10.4 Å². The van der Waals surface area contributed by atoms with Gasteiger partial charge in [0.1, 0.15) is 11.6 Å². The number of hydrogen-bond donors (Lipinski definition) is 3. The summed E-state index contributed by atoms with van der Waals surface area (Å²) >= 11 is 2.05. The van der Waals surface area contributed by atoms with Crippen molar-refractivity contribution in [1.82, 2.24) is 9.97 Å². The topological polar surface area (TPSA) is 155 Å². The molecular weight excluding hydrogens is 539 g/mol. The van der Waals surface area contributed by atoms with Gasteiger partial charge in [-0.2, -0.15) is 10.4 Å². The van der Waals surface area contributed by atoms with E-state index in [1.807, 2.05) is 19.1 Å². The average molecular weight is 558 g/mol. The van der Waals surface area contributed by atoms with E-state index >= 15 is 0 Å². The summed E-state index contributed by atoms with van der Waals surface area (Å²) in [6, 6.07) is 14.3. The molecule has 4 N–H and O–H groups in total. The lowest BCUT2D eigenvalue weighted by atomic mass is 10.1. The molecule has 0 bridgehead atoms. The third-order valence-corrected chi connectivity index (χ3v) is 4.95. The van der Waals surface area contributed by atoms with E-state index in [0.29, 0.717) is 32.8 Å². The monoisotopic (exact) mass is 558 g/mol. The van der Waals surface area contributed by atoms with Gasteiger partial charge < -0.3 is 15.2 Å². The highest BCUT2D eigenvalue weighted by Crippen LogP contribution is 2.34. The number of hydrazone groups is 1. The average Bonchev–Trinajstić information content (AvgIpc) is 2.79. The fourth-order valence-electron chi connectivity index (χ4n) is 2.81. The Hall–Kier alpha value is -3.92. The van der Waals surface area contributed by atoms with Crippen molar-refractivity contribution in [1.29, 1.82) is 5.26 Å². The molecule has 33 heavy (non-hydrogen) atoms. The highest BCUT2D eigenvalue weighted by atomic mass is 127. The van der Waals surface area contributed by atoms with E-state index < -0.39 is 11.5 Å². The molecule has 10 nitrogen and oxygen atoms in total. The second kappa shape index (κ2) is 11.1. The molecule has 0 radical (unpaired) electrons. The Labute approximate surface area is 202 Å². The van der Waals surface area contributed by atoms with Crippen LogP contribution in [0.25, 0.3) is 11.3 Å². The number of carbonyl (C=O) groups is 1. The van der Waals surface area contributed by atoms with Gasteiger partial charge in [0.05, 0.1) is 22.1 Å². The number of H-pyrrole nitrogens is 1. The van der Waals surface area contributed by atoms with Crippen LogP contribution in [0.4, 0.5) is 5.95 Å². The minimum Gasteiger partial charge on any atom is -0.490 e. The van der Waals surface area contributed by atoms with Crippen molar-refractivity contribution in [3.05, 3.63) is 67.5 Å². The number of nitrogens with one attached hydrogen (secondary N) is 2. The Balaban J connectivity index is 1.87. The first kappa shape index (κ1) is 23.7. The summed E-state index contributed by atoms with van der Waals surface area (Å²) in [5, 5.41) is 13.5. The van der Waals surface area contributed by atoms with Crippen molar-refractivity contribution in [2.75, 3.05) is 18.6 Å². The van der Waals surface area contributed by atoms with E-state index in [-0.39, 0.29) is 23.8 Å². The van der Waals surface area contributed by atoms with E-state index in [1.54, 1.807) is 36.4 Å². The molecule has 2 aromatic carbocycles. The van der Waals surface area contributed by atoms with Crippen molar-refractivity contribution in [2.45, 2.75) is 6.92 Å². The predicted molar refractivity (Wildman–Crippen MR) is 131 cm³/mol. The largest absolute Gasteiger partial charge is 0.490 e. The van der Waals surface area contributed by atoms with Crippen molar-refractivity contribution in [2.24, 2.45) is 10.8 Å². The third-order valence-electron chi connectivity index (χ3n) is 4.15. The number of anilines is 1. The molecule has 0 aliphatic heterocycles. The number of nitrogens with zero attached hydrogens (tertiary/aromatic N) is 3. The highest BCUT2D eigenvalue weighted by Gasteiger charge is 2.14. The number of nitrogens with two attached hydrogens (primary N) is 1. The maximum absolute atomic E-state index is 12.3. The summed E-state index contributed by atoms with van der Waals surface area (Å²) in [5.74, 6) is 0.326. The van der Waals surface area contributed by atoms with Crippen LogP contribution in [0, 0.1) is 14.9 Å². The summed E-state index contributed by atoms with van der Waals surface area (Å²) in [5.41, 5.74) is 8.73. The standard InChI is InChI=1S/C22H19IN6O4/c1-2-32-17-9-13(8-16(23)20(17)33-12-18(25)30)11-26-29-22-27-19(14-6-4-3-5-7-14)15(10-24)21(31)28-22/h3-9,11H,2,12H2,1H3,(H2,25,30)(H2,27,28,29,31). The molecule has 1 aromatic heterocycles. The first-order chi connectivity index (χ1) is 15.9. The van der Waals surface area contributed by atoms with Crippen LogP contribution in [0.2, 0.25) is 0 Å². The molecule has 0 unspecified atom stereocenters. The van der Waals surface area contributed by atoms with Crippen molar-refractivity contribution >= 4 is 40.7 Å². The van der Waals surface area contributed by atoms with Gasteiger partial charge in [-0.3, -0.25) is 14.6 Å². The number of carbonyl (C=O) groups excluding carboxylic acids is 1. The predicted octanol–water partition coefficient (Wildman–Crippen LogP) is 2.62. The van der Waals surface area contributed by atoms with Crippen LogP contribution in [0.1, 0.15) is 18.1 Å². The molecule has 0 aliphatic carbocycles. The first-order valence-electron chi connectivity index (χ1n) is 9.69. The number of hydrogen-bond acceptors (Lipinski definition) is 8. The number of halogens is 1. The SMILES string of the molecule is CCOc1cc(C=NNc2nc(-c3ccccc3)c(C#N)c(=O)[nH]2)cc(I)c1OCC(N)=O. The van der Waals surface area contributed by atoms with Crippen molar-refractivity contribution in [3.8, 4) is 28.8 Å². The van der Waals surface area contributed by atoms with Gasteiger partial charge in [-0.15, -0.1) is 0 Å². The molecule has 0 atom stereocenters. The van der Waals surface area contributed by atoms with Crippen molar-refractivity contribution < 1.29 is 14.3 Å². The van der Waals surface area contributed by atoms with E-state index in [2.05, 4.69) is 43.1 Å². The van der Waals surface area contributed by atoms with Gasteiger partial charge >= 0.3 is 0 Å². The summed E-state index contributed by atoms with van der Waals surface area (Å²) < 4.78 is 11.8. The summed E-state index contributed by atoms with van der Waals surface area (Å²) in [6.07, 6.45) is 1.50. The lowest BCUT2D eigenvalue weighted by Crippen LogP contribution is -2.20. The molecular formula is C22H19IN6O4. The van der Waals surface area contributed by atoms with E-state index in [0.717, 1.165) is 0 Å². The zero-order valence-electron chi connectivity index (χ0n) is 17.5. The molecule has 0 fully saturated rings. The fourth-order valence-corrected chi connectivity index (χ4v) is 3.59. The summed E-state index contributed by atoms with van der Waals surface area (Å²) in [6.45, 7) is 1.94. The van der Waals surface area contributed by atoms with Crippen LogP contribution in [0.5, 0.6) is 11.5 Å². The van der Waals surface area contributed by atoms with Gasteiger partial charge in [0.25, 0.3) is 11.5 Å². The Morgan fingerprint density at radius 2 is 2.09 bits per heavy atom. The fraction of sp³-hybridized carbons (Fsp3) is 0.136. The van der Waals surface area contributed by atoms with Gasteiger partial charge in [0, 0.05) is 5.56 Å². The van der Waals surface area contributed by atoms with Crippen LogP contribution in [0.15, 0.2) is 52.4 Å². The number of aromatic nitrogens is 2. The molecule has 0 saturated carbocycles. The Morgan fingerprint density at radius 3 is 2.76 bits per heavy atom. The number of amides is 1. The number of benzene rings is 2. The zero-order chi connectivity index (χ0) is 23.8. The zero-order valence-corrected chi connectivity index (χ0v) is 19.6. The molecule has 3 aromatic rings. The van der Waals surface area contributed by atoms with Gasteiger partial charge in [-0.05, 0) is 47.2 Å². The number of primary amides is 1. The van der Waals surface area contributed by atoms with Crippen LogP contribution in [0.3, 0.4) is 0 Å². The molecule has 1 amide bonds. The molecule has 3 rings (SSSR count). The summed E-state index contributed by atoms with van der Waals surface area (Å²) in [7, 11) is 0. The van der Waals surface area contributed by atoms with Crippen LogP contribution in [-0.2, 0) is 4.79 Å². The second-order valence-corrected chi connectivity index (χ2v) is 7.67. The Kier molecular flexibility index (Phi) is 7.98. The second-order valence-electron chi connectivity index (χ2n) is 6.50. The summed E-state index contributed by atoms with van der Waals surface area (Å²) in [4.78, 5) is 30.2. The normalized spacial score (nSPS) is 10.6. The van der Waals surface area contributed by atoms with E-state index in [4.69, 9.17) is 15.2 Å². The number of aromatic amines is 1. The van der Waals surface area contributed by atoms with Crippen LogP contribution < -0.4 is 26.2 Å². The number of nitriles is 1. The molecule has 0 spiro atoms. The van der Waals surface area contributed by atoms with E-state index in [9.17, 15) is 14.9 Å². The van der Waals surface area contributed by atoms with Gasteiger partial charge in [0.2, 0.25) is 5.95 Å². The Bertz CT molecular complexity index is 1280. The molecule has 168 valence electrons. The Morgan fingerprint density at radius 1 is 1.33 bits per heavy atom. The molecule has 0 aliphatic rings. The van der Waals surface area contributed by atoms with Crippen molar-refractivity contribution in [3.63, 3.8) is 0 Å². The number of ether oxygens (including phenoxy) is 2. The quantitative estimate of drug-likeness (QED) is 0.207. The molecule has 0 saturated heterocycles. The van der Waals surface area contributed by atoms with Crippen LogP contribution in [-0.4, -0.2) is 35.3 Å². The first-order valence-corrected chi connectivity index (χ1v) is 10.8. The van der Waals surface area contributed by atoms with Crippen LogP contribution >= 0.6 is 22.6 Å².